The van der Waals surface area contributed by atoms with Crippen molar-refractivity contribution in [3.8, 4) is 0 Å². The van der Waals surface area contributed by atoms with Crippen LogP contribution in [-0.4, -0.2) is 49.3 Å². The van der Waals surface area contributed by atoms with Crippen molar-refractivity contribution < 1.29 is 19.1 Å². The van der Waals surface area contributed by atoms with E-state index < -0.39 is 12.1 Å². The first-order valence-electron chi connectivity index (χ1n) is 11.7. The van der Waals surface area contributed by atoms with Crippen LogP contribution in [-0.2, 0) is 33.8 Å². The molecule has 2 amide bonds. The van der Waals surface area contributed by atoms with Gasteiger partial charge in [0.1, 0.15) is 18.5 Å². The fourth-order valence-corrected chi connectivity index (χ4v) is 3.78. The molecule has 0 unspecified atom stereocenters. The predicted molar refractivity (Wildman–Crippen MR) is 133 cm³/mol. The molecule has 0 saturated carbocycles. The summed E-state index contributed by atoms with van der Waals surface area (Å²) < 4.78 is 10.7. The van der Waals surface area contributed by atoms with Crippen LogP contribution in [0.3, 0.4) is 0 Å². The number of aromatic nitrogens is 1. The van der Waals surface area contributed by atoms with Gasteiger partial charge < -0.3 is 25.0 Å². The highest BCUT2D eigenvalue weighted by Gasteiger charge is 2.22. The van der Waals surface area contributed by atoms with Crippen molar-refractivity contribution in [1.29, 1.82) is 0 Å². The van der Waals surface area contributed by atoms with Crippen LogP contribution in [0.5, 0.6) is 0 Å². The number of rotatable bonds is 9. The number of amides is 2. The average Bonchev–Trinajstić information content (AvgIpc) is 2.92. The molecule has 1 aliphatic rings. The van der Waals surface area contributed by atoms with Crippen molar-refractivity contribution in [2.45, 2.75) is 25.6 Å². The van der Waals surface area contributed by atoms with Crippen LogP contribution in [0, 0.1) is 0 Å². The number of nitrogens with zero attached hydrogens (tertiary/aromatic N) is 2. The lowest BCUT2D eigenvalue weighted by atomic mass is 10.1. The van der Waals surface area contributed by atoms with Gasteiger partial charge in [0.2, 0.25) is 5.91 Å². The number of carbonyl (C=O) groups excluding carboxylic acids is 2. The number of nitrogens with one attached hydrogen (secondary N) is 2. The van der Waals surface area contributed by atoms with Crippen molar-refractivity contribution in [2.24, 2.45) is 0 Å². The Morgan fingerprint density at radius 2 is 1.60 bits per heavy atom. The molecule has 35 heavy (non-hydrogen) atoms. The van der Waals surface area contributed by atoms with E-state index in [9.17, 15) is 9.59 Å². The van der Waals surface area contributed by atoms with E-state index >= 15 is 0 Å². The molecule has 0 radical (unpaired) electrons. The lowest BCUT2D eigenvalue weighted by Crippen LogP contribution is -2.48. The van der Waals surface area contributed by atoms with Gasteiger partial charge >= 0.3 is 6.09 Å². The van der Waals surface area contributed by atoms with E-state index in [0.717, 1.165) is 35.6 Å². The second-order valence-corrected chi connectivity index (χ2v) is 8.29. The van der Waals surface area contributed by atoms with Crippen LogP contribution < -0.4 is 15.5 Å². The smallest absolute Gasteiger partial charge is 0.408 e. The minimum Gasteiger partial charge on any atom is -0.445 e. The summed E-state index contributed by atoms with van der Waals surface area (Å²) in [5.41, 5.74) is 2.69. The Balaban J connectivity index is 1.33. The molecule has 2 N–H and O–H groups in total. The number of ether oxygens (including phenoxy) is 2. The molecule has 1 saturated heterocycles. The highest BCUT2D eigenvalue weighted by molar-refractivity contribution is 5.85. The van der Waals surface area contributed by atoms with Gasteiger partial charge in [-0.1, -0.05) is 66.7 Å². The van der Waals surface area contributed by atoms with Gasteiger partial charge in [-0.2, -0.15) is 0 Å². The number of carbonyl (C=O) groups is 2. The normalized spacial score (nSPS) is 14.1. The third kappa shape index (κ3) is 7.55. The summed E-state index contributed by atoms with van der Waals surface area (Å²) >= 11 is 0. The standard InChI is InChI=1S/C27H30N4O4/c32-26(29-19-23-11-12-25(28-18-23)31-13-15-34-16-14-31)24(17-21-7-3-1-4-8-21)30-27(33)35-20-22-9-5-2-6-10-22/h1-12,18,24H,13-17,19-20H2,(H,29,32)(H,30,33)/t24-/m0/s1. The highest BCUT2D eigenvalue weighted by atomic mass is 16.5. The molecule has 8 heteroatoms. The van der Waals surface area contributed by atoms with Crippen molar-refractivity contribution in [3.05, 3.63) is 95.7 Å². The van der Waals surface area contributed by atoms with Crippen LogP contribution in [0.4, 0.5) is 10.6 Å². The van der Waals surface area contributed by atoms with Crippen molar-refractivity contribution in [3.63, 3.8) is 0 Å². The van der Waals surface area contributed by atoms with Crippen molar-refractivity contribution >= 4 is 17.8 Å². The van der Waals surface area contributed by atoms with E-state index in [2.05, 4.69) is 20.5 Å². The highest BCUT2D eigenvalue weighted by Crippen LogP contribution is 2.13. The average molecular weight is 475 g/mol. The minimum absolute atomic E-state index is 0.132. The van der Waals surface area contributed by atoms with E-state index in [1.54, 1.807) is 6.20 Å². The summed E-state index contributed by atoms with van der Waals surface area (Å²) in [5, 5.41) is 5.63. The summed E-state index contributed by atoms with van der Waals surface area (Å²) in [6.07, 6.45) is 1.47. The number of hydrogen-bond donors (Lipinski definition) is 2. The molecule has 2 heterocycles. The molecular weight excluding hydrogens is 444 g/mol. The van der Waals surface area contributed by atoms with Gasteiger partial charge in [-0.3, -0.25) is 4.79 Å². The maximum atomic E-state index is 13.0. The second-order valence-electron chi connectivity index (χ2n) is 8.29. The predicted octanol–water partition coefficient (Wildman–Crippen LogP) is 3.07. The fraction of sp³-hybridized carbons (Fsp3) is 0.296. The summed E-state index contributed by atoms with van der Waals surface area (Å²) in [6.45, 7) is 3.47. The summed E-state index contributed by atoms with van der Waals surface area (Å²) in [7, 11) is 0. The van der Waals surface area contributed by atoms with Gasteiger partial charge in [-0.05, 0) is 22.8 Å². The molecule has 1 fully saturated rings. The van der Waals surface area contributed by atoms with Crippen LogP contribution in [0.25, 0.3) is 0 Å². The first-order valence-corrected chi connectivity index (χ1v) is 11.7. The van der Waals surface area contributed by atoms with E-state index in [1.807, 2.05) is 72.8 Å². The SMILES string of the molecule is O=C(N[C@@H](Cc1ccccc1)C(=O)NCc1ccc(N2CCOCC2)nc1)OCc1ccccc1. The van der Waals surface area contributed by atoms with Gasteiger partial charge in [0, 0.05) is 32.3 Å². The van der Waals surface area contributed by atoms with Gasteiger partial charge in [0.15, 0.2) is 0 Å². The summed E-state index contributed by atoms with van der Waals surface area (Å²) in [5.74, 6) is 0.607. The number of benzene rings is 2. The zero-order valence-electron chi connectivity index (χ0n) is 19.6. The molecule has 1 aliphatic heterocycles. The minimum atomic E-state index is -0.777. The number of alkyl carbamates (subject to hydrolysis) is 1. The molecule has 0 spiro atoms. The Morgan fingerprint density at radius 1 is 0.914 bits per heavy atom. The van der Waals surface area contributed by atoms with Gasteiger partial charge in [0.05, 0.1) is 13.2 Å². The number of morpholine rings is 1. The molecule has 1 atom stereocenters. The summed E-state index contributed by atoms with van der Waals surface area (Å²) in [6, 6.07) is 22.1. The third-order valence-corrected chi connectivity index (χ3v) is 5.71. The van der Waals surface area contributed by atoms with Crippen molar-refractivity contribution in [1.82, 2.24) is 15.6 Å². The molecule has 8 nitrogen and oxygen atoms in total. The van der Waals surface area contributed by atoms with Crippen LogP contribution >= 0.6 is 0 Å². The Morgan fingerprint density at radius 3 is 2.26 bits per heavy atom. The maximum absolute atomic E-state index is 13.0. The van der Waals surface area contributed by atoms with Gasteiger partial charge in [-0.15, -0.1) is 0 Å². The monoisotopic (exact) mass is 474 g/mol. The zero-order chi connectivity index (χ0) is 24.3. The molecule has 182 valence electrons. The quantitative estimate of drug-likeness (QED) is 0.495. The first kappa shape index (κ1) is 24.2. The van der Waals surface area contributed by atoms with E-state index in [4.69, 9.17) is 9.47 Å². The van der Waals surface area contributed by atoms with E-state index in [-0.39, 0.29) is 12.5 Å². The lowest BCUT2D eigenvalue weighted by molar-refractivity contribution is -0.123. The van der Waals surface area contributed by atoms with E-state index in [0.29, 0.717) is 26.2 Å². The topological polar surface area (TPSA) is 92.8 Å². The number of hydrogen-bond acceptors (Lipinski definition) is 6. The fourth-order valence-electron chi connectivity index (χ4n) is 3.78. The largest absolute Gasteiger partial charge is 0.445 e. The zero-order valence-corrected chi connectivity index (χ0v) is 19.6. The Labute approximate surface area is 205 Å². The molecule has 0 aliphatic carbocycles. The Hall–Kier alpha value is -3.91. The number of anilines is 1. The van der Waals surface area contributed by atoms with Crippen LogP contribution in [0.2, 0.25) is 0 Å². The molecule has 1 aromatic heterocycles. The molecule has 0 bridgehead atoms. The third-order valence-electron chi connectivity index (χ3n) is 5.71. The molecule has 4 rings (SSSR count). The van der Waals surface area contributed by atoms with Gasteiger partial charge in [-0.25, -0.2) is 9.78 Å². The Bertz CT molecular complexity index is 1070. The summed E-state index contributed by atoms with van der Waals surface area (Å²) in [4.78, 5) is 32.2. The molecule has 3 aromatic rings. The molecule has 2 aromatic carbocycles. The Kier molecular flexibility index (Phi) is 8.67. The first-order chi connectivity index (χ1) is 17.2. The second kappa shape index (κ2) is 12.5. The van der Waals surface area contributed by atoms with Gasteiger partial charge in [0.25, 0.3) is 0 Å². The number of pyridine rings is 1. The lowest BCUT2D eigenvalue weighted by Gasteiger charge is -2.27. The van der Waals surface area contributed by atoms with E-state index in [1.165, 1.54) is 0 Å². The molecular formula is C27H30N4O4. The van der Waals surface area contributed by atoms with Crippen LogP contribution in [0.1, 0.15) is 16.7 Å². The van der Waals surface area contributed by atoms with Crippen molar-refractivity contribution in [2.75, 3.05) is 31.2 Å². The maximum Gasteiger partial charge on any atom is 0.408 e. The van der Waals surface area contributed by atoms with Crippen LogP contribution in [0.15, 0.2) is 79.0 Å².